The van der Waals surface area contributed by atoms with Crippen LogP contribution in [0, 0.1) is 12.7 Å². The molecule has 1 atom stereocenters. The molecule has 1 aliphatic carbocycles. The Labute approximate surface area is 118 Å². The molecule has 0 fully saturated rings. The lowest BCUT2D eigenvalue weighted by Crippen LogP contribution is -2.22. The van der Waals surface area contributed by atoms with Crippen LogP contribution in [-0.2, 0) is 6.42 Å². The minimum Gasteiger partial charge on any atom is -0.368 e. The van der Waals surface area contributed by atoms with E-state index in [4.69, 9.17) is 0 Å². The molecule has 1 heterocycles. The summed E-state index contributed by atoms with van der Waals surface area (Å²) in [4.78, 5) is 8.73. The lowest BCUT2D eigenvalue weighted by atomic mass is 9.77. The molecule has 0 radical (unpaired) electrons. The molecule has 0 amide bonds. The number of nitrogens with zero attached hydrogens (tertiary/aromatic N) is 2. The van der Waals surface area contributed by atoms with Crippen molar-refractivity contribution in [3.63, 3.8) is 0 Å². The zero-order chi connectivity index (χ0) is 14.1. The molecular weight excluding hydrogens is 253 g/mol. The average Bonchev–Trinajstić information content (AvgIpc) is 2.42. The summed E-state index contributed by atoms with van der Waals surface area (Å²) < 4.78 is 14.0. The number of halogens is 1. The molecule has 0 saturated heterocycles. The first-order valence-electron chi connectivity index (χ1n) is 7.06. The van der Waals surface area contributed by atoms with E-state index in [1.54, 1.807) is 6.92 Å². The van der Waals surface area contributed by atoms with Crippen molar-refractivity contribution in [2.45, 2.75) is 32.6 Å². The first-order chi connectivity index (χ1) is 9.70. The lowest BCUT2D eigenvalue weighted by molar-refractivity contribution is 0.584. The number of aromatic nitrogens is 2. The van der Waals surface area contributed by atoms with Gasteiger partial charge in [-0.15, -0.1) is 0 Å². The SMILES string of the molecule is CCCNc1nc(C2Cc3ccccc32)nc(C)c1F. The highest BCUT2D eigenvalue weighted by atomic mass is 19.1. The van der Waals surface area contributed by atoms with Crippen molar-refractivity contribution in [2.75, 3.05) is 11.9 Å². The Morgan fingerprint density at radius 2 is 2.10 bits per heavy atom. The number of hydrogen-bond acceptors (Lipinski definition) is 3. The van der Waals surface area contributed by atoms with Crippen LogP contribution in [0.4, 0.5) is 10.2 Å². The third-order valence-electron chi connectivity index (χ3n) is 3.74. The zero-order valence-electron chi connectivity index (χ0n) is 11.8. The maximum absolute atomic E-state index is 14.0. The molecule has 0 aliphatic heterocycles. The van der Waals surface area contributed by atoms with Crippen LogP contribution in [0.25, 0.3) is 0 Å². The summed E-state index contributed by atoms with van der Waals surface area (Å²) in [5.74, 6) is 0.919. The summed E-state index contributed by atoms with van der Waals surface area (Å²) in [6.07, 6.45) is 1.87. The van der Waals surface area contributed by atoms with Crippen molar-refractivity contribution in [1.29, 1.82) is 0 Å². The number of fused-ring (bicyclic) bond motifs is 1. The van der Waals surface area contributed by atoms with Crippen LogP contribution in [0.5, 0.6) is 0 Å². The molecule has 1 unspecified atom stereocenters. The first kappa shape index (κ1) is 13.0. The van der Waals surface area contributed by atoms with Crippen LogP contribution in [0.3, 0.4) is 0 Å². The summed E-state index contributed by atoms with van der Waals surface area (Å²) in [5, 5.41) is 3.04. The monoisotopic (exact) mass is 271 g/mol. The van der Waals surface area contributed by atoms with Crippen molar-refractivity contribution in [1.82, 2.24) is 9.97 Å². The molecule has 104 valence electrons. The Balaban J connectivity index is 1.94. The normalized spacial score (nSPS) is 16.4. The van der Waals surface area contributed by atoms with E-state index in [9.17, 15) is 4.39 Å². The number of hydrogen-bond donors (Lipinski definition) is 1. The molecule has 1 aromatic heterocycles. The van der Waals surface area contributed by atoms with E-state index in [1.807, 2.05) is 19.1 Å². The summed E-state index contributed by atoms with van der Waals surface area (Å²) in [6.45, 7) is 4.46. The second-order valence-corrected chi connectivity index (χ2v) is 5.21. The Morgan fingerprint density at radius 3 is 2.85 bits per heavy atom. The highest BCUT2D eigenvalue weighted by molar-refractivity contribution is 5.46. The van der Waals surface area contributed by atoms with Crippen molar-refractivity contribution in [3.8, 4) is 0 Å². The van der Waals surface area contributed by atoms with Gasteiger partial charge in [0.2, 0.25) is 0 Å². The van der Waals surface area contributed by atoms with Crippen LogP contribution in [0.1, 0.15) is 41.9 Å². The molecule has 3 nitrogen and oxygen atoms in total. The molecule has 1 aliphatic rings. The average molecular weight is 271 g/mol. The Kier molecular flexibility index (Phi) is 3.38. The summed E-state index contributed by atoms with van der Waals surface area (Å²) in [7, 11) is 0. The molecule has 4 heteroatoms. The standard InChI is InChI=1S/C16H18FN3/c1-3-8-18-16-14(17)10(2)19-15(20-16)13-9-11-6-4-5-7-12(11)13/h4-7,13H,3,8-9H2,1-2H3,(H,18,19,20). The van der Waals surface area contributed by atoms with Gasteiger partial charge in [0.15, 0.2) is 11.6 Å². The van der Waals surface area contributed by atoms with E-state index >= 15 is 0 Å². The van der Waals surface area contributed by atoms with Gasteiger partial charge in [-0.25, -0.2) is 14.4 Å². The maximum Gasteiger partial charge on any atom is 0.186 e. The summed E-state index contributed by atoms with van der Waals surface area (Å²) >= 11 is 0. The van der Waals surface area contributed by atoms with Crippen LogP contribution in [-0.4, -0.2) is 16.5 Å². The smallest absolute Gasteiger partial charge is 0.186 e. The fraction of sp³-hybridized carbons (Fsp3) is 0.375. The van der Waals surface area contributed by atoms with E-state index in [2.05, 4.69) is 27.4 Å². The fourth-order valence-electron chi connectivity index (χ4n) is 2.59. The first-order valence-corrected chi connectivity index (χ1v) is 7.06. The number of nitrogens with one attached hydrogen (secondary N) is 1. The van der Waals surface area contributed by atoms with E-state index < -0.39 is 0 Å². The van der Waals surface area contributed by atoms with Gasteiger partial charge in [-0.2, -0.15) is 0 Å². The van der Waals surface area contributed by atoms with E-state index in [0.717, 1.165) is 18.7 Å². The van der Waals surface area contributed by atoms with Crippen LogP contribution < -0.4 is 5.32 Å². The fourth-order valence-corrected chi connectivity index (χ4v) is 2.59. The van der Waals surface area contributed by atoms with E-state index in [-0.39, 0.29) is 11.7 Å². The lowest BCUT2D eigenvalue weighted by Gasteiger charge is -2.29. The van der Waals surface area contributed by atoms with Gasteiger partial charge in [-0.05, 0) is 30.9 Å². The Bertz CT molecular complexity index is 640. The third kappa shape index (κ3) is 2.15. The zero-order valence-corrected chi connectivity index (χ0v) is 11.8. The Hall–Kier alpha value is -1.97. The predicted molar refractivity (Wildman–Crippen MR) is 77.5 cm³/mol. The molecule has 1 N–H and O–H groups in total. The molecule has 1 aromatic carbocycles. The molecular formula is C16H18FN3. The molecule has 0 spiro atoms. The Morgan fingerprint density at radius 1 is 1.30 bits per heavy atom. The number of aryl methyl sites for hydroxylation is 1. The van der Waals surface area contributed by atoms with Crippen molar-refractivity contribution in [3.05, 3.63) is 52.7 Å². The minimum atomic E-state index is -0.338. The van der Waals surface area contributed by atoms with Crippen LogP contribution in [0.15, 0.2) is 24.3 Å². The van der Waals surface area contributed by atoms with Gasteiger partial charge >= 0.3 is 0 Å². The van der Waals surface area contributed by atoms with Crippen LogP contribution in [0.2, 0.25) is 0 Å². The molecule has 0 saturated carbocycles. The topological polar surface area (TPSA) is 37.8 Å². The maximum atomic E-state index is 14.0. The van der Waals surface area contributed by atoms with E-state index in [1.165, 1.54) is 11.1 Å². The van der Waals surface area contributed by atoms with Crippen molar-refractivity contribution in [2.24, 2.45) is 0 Å². The van der Waals surface area contributed by atoms with Gasteiger partial charge in [0.1, 0.15) is 5.82 Å². The number of anilines is 1. The number of benzene rings is 1. The van der Waals surface area contributed by atoms with E-state index in [0.29, 0.717) is 18.1 Å². The minimum absolute atomic E-state index is 0.202. The molecule has 20 heavy (non-hydrogen) atoms. The number of rotatable bonds is 4. The second kappa shape index (κ2) is 5.19. The van der Waals surface area contributed by atoms with Gasteiger partial charge in [-0.1, -0.05) is 31.2 Å². The summed E-state index contributed by atoms with van der Waals surface area (Å²) in [6, 6.07) is 8.29. The molecule has 3 rings (SSSR count). The third-order valence-corrected chi connectivity index (χ3v) is 3.74. The van der Waals surface area contributed by atoms with Crippen LogP contribution >= 0.6 is 0 Å². The second-order valence-electron chi connectivity index (χ2n) is 5.21. The quantitative estimate of drug-likeness (QED) is 0.925. The largest absolute Gasteiger partial charge is 0.368 e. The highest BCUT2D eigenvalue weighted by Crippen LogP contribution is 2.38. The van der Waals surface area contributed by atoms with Crippen molar-refractivity contribution < 1.29 is 4.39 Å². The van der Waals surface area contributed by atoms with Gasteiger partial charge in [-0.3, -0.25) is 0 Å². The molecule has 0 bridgehead atoms. The van der Waals surface area contributed by atoms with Crippen molar-refractivity contribution >= 4 is 5.82 Å². The highest BCUT2D eigenvalue weighted by Gasteiger charge is 2.30. The van der Waals surface area contributed by atoms with Gasteiger partial charge in [0, 0.05) is 12.5 Å². The van der Waals surface area contributed by atoms with Gasteiger partial charge < -0.3 is 5.32 Å². The summed E-state index contributed by atoms with van der Waals surface area (Å²) in [5.41, 5.74) is 3.02. The molecule has 2 aromatic rings. The van der Waals surface area contributed by atoms with Gasteiger partial charge in [0.05, 0.1) is 5.69 Å². The van der Waals surface area contributed by atoms with Gasteiger partial charge in [0.25, 0.3) is 0 Å². The predicted octanol–water partition coefficient (Wildman–Crippen LogP) is 3.43.